The van der Waals surface area contributed by atoms with Gasteiger partial charge in [0.15, 0.2) is 0 Å². The van der Waals surface area contributed by atoms with Crippen LogP contribution in [0, 0.1) is 13.8 Å². The minimum absolute atomic E-state index is 0.200. The second kappa shape index (κ2) is 4.86. The molecule has 0 spiro atoms. The number of hydrogen-bond donors (Lipinski definition) is 3. The van der Waals surface area contributed by atoms with Gasteiger partial charge >= 0.3 is 0 Å². The third kappa shape index (κ3) is 2.56. The van der Waals surface area contributed by atoms with Gasteiger partial charge in [-0.2, -0.15) is 0 Å². The molecule has 4 nitrogen and oxygen atoms in total. The van der Waals surface area contributed by atoms with Gasteiger partial charge in [-0.3, -0.25) is 0 Å². The van der Waals surface area contributed by atoms with E-state index in [1.807, 2.05) is 17.4 Å². The van der Waals surface area contributed by atoms with Crippen molar-refractivity contribution < 1.29 is 0 Å². The molecule has 0 radical (unpaired) electrons. The van der Waals surface area contributed by atoms with Gasteiger partial charge in [0.25, 0.3) is 0 Å². The maximum absolute atomic E-state index is 5.70. The number of aromatic nitrogens is 1. The van der Waals surface area contributed by atoms with E-state index in [0.717, 1.165) is 5.82 Å². The van der Waals surface area contributed by atoms with Crippen molar-refractivity contribution >= 4 is 28.7 Å². The number of hydrogen-bond acceptors (Lipinski definition) is 5. The molecule has 2 heterocycles. The highest BCUT2D eigenvalue weighted by atomic mass is 32.1. The number of thiophene rings is 1. The standard InChI is InChI=1S/C13H18N4S/c1-7-6-10(9(3)18-7)8(2)16-12-5-4-11(14)13(15)17-12/h4-6,8H,14H2,1-3H3,(H3,15,16,17). The predicted molar refractivity (Wildman–Crippen MR) is 78.9 cm³/mol. The van der Waals surface area contributed by atoms with E-state index in [9.17, 15) is 0 Å². The molecule has 0 aliphatic rings. The molecular formula is C13H18N4S. The normalized spacial score (nSPS) is 12.4. The van der Waals surface area contributed by atoms with Crippen LogP contribution in [-0.4, -0.2) is 4.98 Å². The van der Waals surface area contributed by atoms with Crippen LogP contribution < -0.4 is 16.8 Å². The van der Waals surface area contributed by atoms with E-state index in [0.29, 0.717) is 11.5 Å². The lowest BCUT2D eigenvalue weighted by Gasteiger charge is -2.15. The zero-order valence-electron chi connectivity index (χ0n) is 10.8. The van der Waals surface area contributed by atoms with Crippen molar-refractivity contribution in [2.45, 2.75) is 26.8 Å². The Bertz CT molecular complexity index is 562. The van der Waals surface area contributed by atoms with Gasteiger partial charge in [0.1, 0.15) is 11.6 Å². The third-order valence-electron chi connectivity index (χ3n) is 2.87. The fraction of sp³-hybridized carbons (Fsp3) is 0.308. The summed E-state index contributed by atoms with van der Waals surface area (Å²) in [6, 6.07) is 6.02. The van der Waals surface area contributed by atoms with Gasteiger partial charge in [-0.1, -0.05) is 0 Å². The fourth-order valence-corrected chi connectivity index (χ4v) is 2.97. The Morgan fingerprint density at radius 3 is 2.56 bits per heavy atom. The second-order valence-electron chi connectivity index (χ2n) is 4.41. The van der Waals surface area contributed by atoms with Crippen LogP contribution in [-0.2, 0) is 0 Å². The maximum Gasteiger partial charge on any atom is 0.149 e. The molecule has 0 aliphatic heterocycles. The molecule has 5 heteroatoms. The molecule has 2 aromatic rings. The Morgan fingerprint density at radius 1 is 1.28 bits per heavy atom. The first-order valence-corrected chi connectivity index (χ1v) is 6.64. The summed E-state index contributed by atoms with van der Waals surface area (Å²) in [5.74, 6) is 1.11. The van der Waals surface area contributed by atoms with Crippen LogP contribution in [0.3, 0.4) is 0 Å². The fourth-order valence-electron chi connectivity index (χ4n) is 1.95. The van der Waals surface area contributed by atoms with Gasteiger partial charge in [-0.15, -0.1) is 11.3 Å². The van der Waals surface area contributed by atoms with Crippen molar-refractivity contribution in [2.75, 3.05) is 16.8 Å². The largest absolute Gasteiger partial charge is 0.396 e. The van der Waals surface area contributed by atoms with Gasteiger partial charge < -0.3 is 16.8 Å². The zero-order chi connectivity index (χ0) is 13.3. The van der Waals surface area contributed by atoms with Gasteiger partial charge in [0.2, 0.25) is 0 Å². The molecule has 0 fully saturated rings. The maximum atomic E-state index is 5.70. The number of pyridine rings is 1. The number of nitrogens with one attached hydrogen (secondary N) is 1. The predicted octanol–water partition coefficient (Wildman–Crippen LogP) is 3.10. The summed E-state index contributed by atoms with van der Waals surface area (Å²) >= 11 is 1.81. The molecule has 0 bridgehead atoms. The van der Waals surface area contributed by atoms with Crippen molar-refractivity contribution in [3.63, 3.8) is 0 Å². The summed E-state index contributed by atoms with van der Waals surface area (Å²) in [4.78, 5) is 6.87. The van der Waals surface area contributed by atoms with E-state index in [-0.39, 0.29) is 6.04 Å². The zero-order valence-corrected chi connectivity index (χ0v) is 11.6. The molecule has 0 amide bonds. The number of nitrogens with zero attached hydrogens (tertiary/aromatic N) is 1. The van der Waals surface area contributed by atoms with E-state index in [4.69, 9.17) is 11.5 Å². The second-order valence-corrected chi connectivity index (χ2v) is 5.87. The Morgan fingerprint density at radius 2 is 2.00 bits per heavy atom. The highest BCUT2D eigenvalue weighted by Crippen LogP contribution is 2.28. The molecule has 0 saturated heterocycles. The molecule has 0 aromatic carbocycles. The highest BCUT2D eigenvalue weighted by Gasteiger charge is 2.11. The highest BCUT2D eigenvalue weighted by molar-refractivity contribution is 7.12. The van der Waals surface area contributed by atoms with Crippen molar-refractivity contribution in [2.24, 2.45) is 0 Å². The summed E-state index contributed by atoms with van der Waals surface area (Å²) in [5, 5.41) is 3.34. The molecular weight excluding hydrogens is 244 g/mol. The van der Waals surface area contributed by atoms with E-state index in [1.165, 1.54) is 15.3 Å². The van der Waals surface area contributed by atoms with Gasteiger partial charge in [-0.05, 0) is 44.5 Å². The summed E-state index contributed by atoms with van der Waals surface area (Å²) in [6.45, 7) is 6.37. The third-order valence-corrected chi connectivity index (χ3v) is 3.85. The van der Waals surface area contributed by atoms with E-state index in [2.05, 4.69) is 37.1 Å². The van der Waals surface area contributed by atoms with Crippen LogP contribution in [0.1, 0.15) is 28.3 Å². The average Bonchev–Trinajstić information content (AvgIpc) is 2.63. The minimum atomic E-state index is 0.200. The Hall–Kier alpha value is -1.75. The Kier molecular flexibility index (Phi) is 3.43. The number of aryl methyl sites for hydroxylation is 2. The lowest BCUT2D eigenvalue weighted by atomic mass is 10.1. The van der Waals surface area contributed by atoms with E-state index < -0.39 is 0 Å². The van der Waals surface area contributed by atoms with Gasteiger partial charge in [0, 0.05) is 9.75 Å². The molecule has 1 unspecified atom stereocenters. The summed E-state index contributed by atoms with van der Waals surface area (Å²) in [6.07, 6.45) is 0. The average molecular weight is 262 g/mol. The van der Waals surface area contributed by atoms with Crippen molar-refractivity contribution in [1.82, 2.24) is 4.98 Å². The molecule has 0 aliphatic carbocycles. The van der Waals surface area contributed by atoms with E-state index in [1.54, 1.807) is 6.07 Å². The van der Waals surface area contributed by atoms with Crippen LogP contribution in [0.4, 0.5) is 17.3 Å². The van der Waals surface area contributed by atoms with Crippen molar-refractivity contribution in [3.05, 3.63) is 33.5 Å². The van der Waals surface area contributed by atoms with Crippen LogP contribution >= 0.6 is 11.3 Å². The first kappa shape index (κ1) is 12.7. The lowest BCUT2D eigenvalue weighted by molar-refractivity contribution is 0.872. The molecule has 1 atom stereocenters. The van der Waals surface area contributed by atoms with Crippen LogP contribution in [0.25, 0.3) is 0 Å². The van der Waals surface area contributed by atoms with Crippen molar-refractivity contribution in [1.29, 1.82) is 0 Å². The van der Waals surface area contributed by atoms with Gasteiger partial charge in [-0.25, -0.2) is 4.98 Å². The summed E-state index contributed by atoms with van der Waals surface area (Å²) in [7, 11) is 0. The Balaban J connectivity index is 2.18. The summed E-state index contributed by atoms with van der Waals surface area (Å²) in [5.41, 5.74) is 13.2. The Labute approximate surface area is 111 Å². The SMILES string of the molecule is Cc1cc(C(C)Nc2ccc(N)c(N)n2)c(C)s1. The number of anilines is 3. The van der Waals surface area contributed by atoms with Crippen LogP contribution in [0.15, 0.2) is 18.2 Å². The molecule has 2 aromatic heterocycles. The molecule has 96 valence electrons. The van der Waals surface area contributed by atoms with Gasteiger partial charge in [0.05, 0.1) is 11.7 Å². The summed E-state index contributed by atoms with van der Waals surface area (Å²) < 4.78 is 0. The smallest absolute Gasteiger partial charge is 0.149 e. The van der Waals surface area contributed by atoms with Crippen LogP contribution in [0.2, 0.25) is 0 Å². The van der Waals surface area contributed by atoms with E-state index >= 15 is 0 Å². The topological polar surface area (TPSA) is 77.0 Å². The first-order chi connectivity index (χ1) is 8.47. The van der Waals surface area contributed by atoms with Crippen molar-refractivity contribution in [3.8, 4) is 0 Å². The molecule has 2 rings (SSSR count). The molecule has 5 N–H and O–H groups in total. The first-order valence-electron chi connectivity index (χ1n) is 5.83. The number of rotatable bonds is 3. The number of nitrogen functional groups attached to an aromatic ring is 2. The quantitative estimate of drug-likeness (QED) is 0.794. The monoisotopic (exact) mass is 262 g/mol. The minimum Gasteiger partial charge on any atom is -0.396 e. The molecule has 18 heavy (non-hydrogen) atoms. The molecule has 0 saturated carbocycles. The lowest BCUT2D eigenvalue weighted by Crippen LogP contribution is -2.09. The number of nitrogens with two attached hydrogens (primary N) is 2. The van der Waals surface area contributed by atoms with Crippen LogP contribution in [0.5, 0.6) is 0 Å².